The van der Waals surface area contributed by atoms with Crippen LogP contribution in [0.5, 0.6) is 0 Å². The number of fused-ring (bicyclic) bond motifs is 3. The van der Waals surface area contributed by atoms with E-state index in [1.165, 1.54) is 25.9 Å². The highest BCUT2D eigenvalue weighted by molar-refractivity contribution is 6.13. The lowest BCUT2D eigenvalue weighted by Gasteiger charge is -2.25. The maximum atomic E-state index is 9.65. The van der Waals surface area contributed by atoms with Gasteiger partial charge in [-0.2, -0.15) is 5.26 Å². The van der Waals surface area contributed by atoms with Crippen LogP contribution in [0, 0.1) is 11.3 Å². The van der Waals surface area contributed by atoms with E-state index in [1.54, 1.807) is 12.4 Å². The summed E-state index contributed by atoms with van der Waals surface area (Å²) in [5, 5.41) is 11.8. The number of hydrogen-bond acceptors (Lipinski definition) is 5. The van der Waals surface area contributed by atoms with Gasteiger partial charge in [0.05, 0.1) is 17.4 Å². The average Bonchev–Trinajstić information content (AvgIpc) is 3.38. The number of H-pyrrole nitrogens is 1. The molecular formula is C19H20N6. The molecule has 0 amide bonds. The van der Waals surface area contributed by atoms with Gasteiger partial charge in [-0.25, -0.2) is 9.97 Å². The van der Waals surface area contributed by atoms with Crippen LogP contribution in [0.15, 0.2) is 24.5 Å². The number of anilines is 1. The Morgan fingerprint density at radius 2 is 2.08 bits per heavy atom. The first-order chi connectivity index (χ1) is 12.3. The molecule has 0 spiro atoms. The Hall–Kier alpha value is -2.65. The Morgan fingerprint density at radius 3 is 2.92 bits per heavy atom. The minimum Gasteiger partial charge on any atom is -0.367 e. The van der Waals surface area contributed by atoms with Crippen LogP contribution in [0.25, 0.3) is 21.9 Å². The van der Waals surface area contributed by atoms with E-state index in [-0.39, 0.29) is 0 Å². The average molecular weight is 332 g/mol. The summed E-state index contributed by atoms with van der Waals surface area (Å²) in [6.07, 6.45) is 7.32. The van der Waals surface area contributed by atoms with Gasteiger partial charge in [0.15, 0.2) is 5.69 Å². The second-order valence-corrected chi connectivity index (χ2v) is 7.01. The maximum Gasteiger partial charge on any atom is 0.164 e. The highest BCUT2D eigenvalue weighted by Crippen LogP contribution is 2.37. The molecule has 126 valence electrons. The molecule has 5 rings (SSSR count). The molecule has 2 saturated heterocycles. The SMILES string of the molecule is N#Cc1ncc2[nH]c3ncccc3c2c1N1CCC(N2CCCC2)C1. The number of aromatic amines is 1. The Bertz CT molecular complexity index is 979. The van der Waals surface area contributed by atoms with E-state index in [4.69, 9.17) is 0 Å². The van der Waals surface area contributed by atoms with Crippen LogP contribution in [-0.2, 0) is 0 Å². The first kappa shape index (κ1) is 14.7. The number of nitrogens with zero attached hydrogens (tertiary/aromatic N) is 5. The third-order valence-electron chi connectivity index (χ3n) is 5.63. The highest BCUT2D eigenvalue weighted by atomic mass is 15.3. The third-order valence-corrected chi connectivity index (χ3v) is 5.63. The fourth-order valence-electron chi connectivity index (χ4n) is 4.44. The summed E-state index contributed by atoms with van der Waals surface area (Å²) in [4.78, 5) is 17.1. The molecule has 5 heterocycles. The third kappa shape index (κ3) is 2.27. The van der Waals surface area contributed by atoms with Crippen molar-refractivity contribution in [3.05, 3.63) is 30.2 Å². The lowest BCUT2D eigenvalue weighted by atomic mass is 10.1. The molecule has 0 bridgehead atoms. The standard InChI is InChI=1S/C19H20N6/c20-10-15-18(25-9-5-13(12-25)24-7-1-2-8-24)17-14-4-3-6-21-19(14)23-16(17)11-22-15/h3-4,6,11,13H,1-2,5,7-9,12H2,(H,21,23). The summed E-state index contributed by atoms with van der Waals surface area (Å²) in [6.45, 7) is 4.37. The molecule has 1 N–H and O–H groups in total. The van der Waals surface area contributed by atoms with Crippen molar-refractivity contribution in [1.82, 2.24) is 19.9 Å². The van der Waals surface area contributed by atoms with Gasteiger partial charge >= 0.3 is 0 Å². The molecule has 3 aromatic heterocycles. The van der Waals surface area contributed by atoms with E-state index in [0.717, 1.165) is 47.1 Å². The number of pyridine rings is 2. The summed E-state index contributed by atoms with van der Waals surface area (Å²) < 4.78 is 0. The quantitative estimate of drug-likeness (QED) is 0.781. The van der Waals surface area contributed by atoms with Gasteiger partial charge in [-0.15, -0.1) is 0 Å². The van der Waals surface area contributed by atoms with Gasteiger partial charge in [0, 0.05) is 36.1 Å². The van der Waals surface area contributed by atoms with Gasteiger partial charge in [-0.3, -0.25) is 4.90 Å². The van der Waals surface area contributed by atoms with Crippen molar-refractivity contribution in [3.63, 3.8) is 0 Å². The zero-order valence-corrected chi connectivity index (χ0v) is 14.1. The highest BCUT2D eigenvalue weighted by Gasteiger charge is 2.32. The second-order valence-electron chi connectivity index (χ2n) is 7.01. The molecule has 6 nitrogen and oxygen atoms in total. The van der Waals surface area contributed by atoms with Crippen molar-refractivity contribution in [2.75, 3.05) is 31.1 Å². The summed E-state index contributed by atoms with van der Waals surface area (Å²) in [5.74, 6) is 0. The number of nitriles is 1. The Labute approximate surface area is 146 Å². The molecule has 1 unspecified atom stereocenters. The van der Waals surface area contributed by atoms with Crippen LogP contribution >= 0.6 is 0 Å². The smallest absolute Gasteiger partial charge is 0.164 e. The van der Waals surface area contributed by atoms with Gasteiger partial charge in [0.1, 0.15) is 11.7 Å². The van der Waals surface area contributed by atoms with Crippen LogP contribution in [0.1, 0.15) is 25.0 Å². The van der Waals surface area contributed by atoms with E-state index in [1.807, 2.05) is 6.07 Å². The van der Waals surface area contributed by atoms with E-state index >= 15 is 0 Å². The zero-order chi connectivity index (χ0) is 16.8. The lowest BCUT2D eigenvalue weighted by Crippen LogP contribution is -2.35. The van der Waals surface area contributed by atoms with Crippen LogP contribution in [0.3, 0.4) is 0 Å². The number of rotatable bonds is 2. The molecule has 2 aliphatic heterocycles. The predicted octanol–water partition coefficient (Wildman–Crippen LogP) is 2.66. The number of hydrogen-bond donors (Lipinski definition) is 1. The van der Waals surface area contributed by atoms with E-state index in [9.17, 15) is 5.26 Å². The first-order valence-electron chi connectivity index (χ1n) is 8.99. The molecule has 3 aromatic rings. The van der Waals surface area contributed by atoms with E-state index in [0.29, 0.717) is 11.7 Å². The number of likely N-dealkylation sites (tertiary alicyclic amines) is 1. The van der Waals surface area contributed by atoms with Crippen molar-refractivity contribution in [1.29, 1.82) is 5.26 Å². The molecule has 25 heavy (non-hydrogen) atoms. The molecular weight excluding hydrogens is 312 g/mol. The summed E-state index contributed by atoms with van der Waals surface area (Å²) in [5.41, 5.74) is 3.29. The molecule has 1 atom stereocenters. The van der Waals surface area contributed by atoms with Gasteiger partial charge in [0.25, 0.3) is 0 Å². The molecule has 0 aliphatic carbocycles. The molecule has 0 aromatic carbocycles. The van der Waals surface area contributed by atoms with Crippen LogP contribution in [0.4, 0.5) is 5.69 Å². The van der Waals surface area contributed by atoms with Crippen molar-refractivity contribution < 1.29 is 0 Å². The summed E-state index contributed by atoms with van der Waals surface area (Å²) >= 11 is 0. The molecule has 0 saturated carbocycles. The predicted molar refractivity (Wildman–Crippen MR) is 97.5 cm³/mol. The summed E-state index contributed by atoms with van der Waals surface area (Å²) in [7, 11) is 0. The van der Waals surface area contributed by atoms with Gasteiger partial charge < -0.3 is 9.88 Å². The zero-order valence-electron chi connectivity index (χ0n) is 14.1. The minimum absolute atomic E-state index is 0.513. The van der Waals surface area contributed by atoms with Crippen LogP contribution in [0.2, 0.25) is 0 Å². The Kier molecular flexibility index (Phi) is 3.35. The Balaban J connectivity index is 1.63. The van der Waals surface area contributed by atoms with Gasteiger partial charge in [-0.1, -0.05) is 0 Å². The van der Waals surface area contributed by atoms with Crippen molar-refractivity contribution in [2.24, 2.45) is 0 Å². The maximum absolute atomic E-state index is 9.65. The van der Waals surface area contributed by atoms with Crippen molar-refractivity contribution in [3.8, 4) is 6.07 Å². The summed E-state index contributed by atoms with van der Waals surface area (Å²) in [6, 6.07) is 6.91. The van der Waals surface area contributed by atoms with Gasteiger partial charge in [-0.05, 0) is 44.5 Å². The van der Waals surface area contributed by atoms with Gasteiger partial charge in [0.2, 0.25) is 0 Å². The van der Waals surface area contributed by atoms with E-state index < -0.39 is 0 Å². The fourth-order valence-corrected chi connectivity index (χ4v) is 4.44. The molecule has 2 aliphatic rings. The van der Waals surface area contributed by atoms with E-state index in [2.05, 4.69) is 36.9 Å². The monoisotopic (exact) mass is 332 g/mol. The minimum atomic E-state index is 0.513. The normalized spacial score (nSPS) is 21.4. The van der Waals surface area contributed by atoms with Crippen LogP contribution in [-0.4, -0.2) is 52.1 Å². The fraction of sp³-hybridized carbons (Fsp3) is 0.421. The van der Waals surface area contributed by atoms with Crippen LogP contribution < -0.4 is 4.90 Å². The molecule has 6 heteroatoms. The lowest BCUT2D eigenvalue weighted by molar-refractivity contribution is 0.260. The largest absolute Gasteiger partial charge is 0.367 e. The number of nitrogens with one attached hydrogen (secondary N) is 1. The number of aromatic nitrogens is 3. The Morgan fingerprint density at radius 1 is 1.20 bits per heavy atom. The molecule has 0 radical (unpaired) electrons. The topological polar surface area (TPSA) is 71.8 Å². The van der Waals surface area contributed by atoms with Crippen molar-refractivity contribution >= 4 is 27.6 Å². The second kappa shape index (κ2) is 5.71. The first-order valence-corrected chi connectivity index (χ1v) is 8.99. The van der Waals surface area contributed by atoms with Crippen molar-refractivity contribution in [2.45, 2.75) is 25.3 Å². The molecule has 2 fully saturated rings.